The second-order valence-corrected chi connectivity index (χ2v) is 7.10. The van der Waals surface area contributed by atoms with Crippen LogP contribution in [0.25, 0.3) is 0 Å². The minimum absolute atomic E-state index is 0.00395. The zero-order chi connectivity index (χ0) is 16.8. The van der Waals surface area contributed by atoms with E-state index in [1.807, 2.05) is 67.6 Å². The summed E-state index contributed by atoms with van der Waals surface area (Å²) in [5.74, 6) is 0. The van der Waals surface area contributed by atoms with Crippen LogP contribution in [0.3, 0.4) is 0 Å². The van der Waals surface area contributed by atoms with Crippen molar-refractivity contribution < 1.29 is 4.21 Å². The van der Waals surface area contributed by atoms with Crippen LogP contribution in [-0.2, 0) is 17.4 Å². The highest BCUT2D eigenvalue weighted by molar-refractivity contribution is 7.83. The molecule has 1 N–H and O–H groups in total. The lowest BCUT2D eigenvalue weighted by atomic mass is 10.00. The van der Waals surface area contributed by atoms with Crippen molar-refractivity contribution in [1.29, 1.82) is 0 Å². The van der Waals surface area contributed by atoms with E-state index in [1.165, 1.54) is 11.1 Å². The fourth-order valence-corrected chi connectivity index (χ4v) is 3.62. The zero-order valence-electron chi connectivity index (χ0n) is 13.7. The van der Waals surface area contributed by atoms with Crippen LogP contribution in [-0.4, -0.2) is 4.21 Å². The zero-order valence-corrected chi connectivity index (χ0v) is 14.5. The molecule has 2 nitrogen and oxygen atoms in total. The predicted molar refractivity (Wildman–Crippen MR) is 100 cm³/mol. The number of hydrogen-bond acceptors (Lipinski definition) is 1. The minimum atomic E-state index is -1.25. The molecule has 0 amide bonds. The molecule has 2 atom stereocenters. The average molecular weight is 335 g/mol. The number of hydrogen-bond donors (Lipinski definition) is 1. The van der Waals surface area contributed by atoms with Gasteiger partial charge in [-0.15, -0.1) is 0 Å². The average Bonchev–Trinajstić information content (AvgIpc) is 2.63. The Labute approximate surface area is 146 Å². The fraction of sp³-hybridized carbons (Fsp3) is 0.143. The summed E-state index contributed by atoms with van der Waals surface area (Å²) in [5, 5.41) is 0. The summed E-state index contributed by atoms with van der Waals surface area (Å²) < 4.78 is 16.0. The standard InChI is InChI=1S/C21H21NOS/c1-17-12-14-20(15-13-17)24(23)22-21(19-10-6-3-7-11-19)16-18-8-4-2-5-9-18/h2-15,21-22H,16H2,1H3/t21-,24?/m1/s1. The number of nitrogens with one attached hydrogen (secondary N) is 1. The molecule has 0 heterocycles. The Balaban J connectivity index is 1.82. The third kappa shape index (κ3) is 4.40. The van der Waals surface area contributed by atoms with Crippen LogP contribution < -0.4 is 4.72 Å². The summed E-state index contributed by atoms with van der Waals surface area (Å²) in [6.07, 6.45) is 0.794. The van der Waals surface area contributed by atoms with Crippen molar-refractivity contribution in [2.45, 2.75) is 24.3 Å². The molecule has 122 valence electrons. The van der Waals surface area contributed by atoms with Gasteiger partial charge in [-0.1, -0.05) is 78.4 Å². The van der Waals surface area contributed by atoms with Crippen LogP contribution in [0.1, 0.15) is 22.7 Å². The lowest BCUT2D eigenvalue weighted by Crippen LogP contribution is -2.25. The van der Waals surface area contributed by atoms with Crippen molar-refractivity contribution in [2.24, 2.45) is 0 Å². The molecule has 3 aromatic carbocycles. The Morgan fingerprint density at radius 1 is 0.833 bits per heavy atom. The van der Waals surface area contributed by atoms with E-state index in [1.54, 1.807) is 0 Å². The highest BCUT2D eigenvalue weighted by Crippen LogP contribution is 2.20. The van der Waals surface area contributed by atoms with Crippen molar-refractivity contribution in [3.05, 3.63) is 102 Å². The monoisotopic (exact) mass is 335 g/mol. The lowest BCUT2D eigenvalue weighted by molar-refractivity contribution is 0.624. The molecule has 0 aliphatic rings. The third-order valence-electron chi connectivity index (χ3n) is 3.97. The molecule has 0 saturated carbocycles. The minimum Gasteiger partial charge on any atom is -0.237 e. The van der Waals surface area contributed by atoms with E-state index in [4.69, 9.17) is 0 Å². The molecule has 0 fully saturated rings. The first-order valence-electron chi connectivity index (χ1n) is 8.06. The molecule has 1 unspecified atom stereocenters. The van der Waals surface area contributed by atoms with Gasteiger partial charge >= 0.3 is 0 Å². The molecule has 0 saturated heterocycles. The molecule has 0 aromatic heterocycles. The van der Waals surface area contributed by atoms with Crippen LogP contribution in [0, 0.1) is 6.92 Å². The summed E-state index contributed by atoms with van der Waals surface area (Å²) in [6, 6.07) is 28.3. The molecule has 3 heteroatoms. The van der Waals surface area contributed by atoms with Crippen LogP contribution in [0.15, 0.2) is 89.8 Å². The summed E-state index contributed by atoms with van der Waals surface area (Å²) in [6.45, 7) is 2.03. The Morgan fingerprint density at radius 3 is 2.04 bits per heavy atom. The number of rotatable bonds is 6. The highest BCUT2D eigenvalue weighted by atomic mass is 32.2. The van der Waals surface area contributed by atoms with Gasteiger partial charge in [0, 0.05) is 6.04 Å². The molecular formula is C21H21NOS. The second kappa shape index (κ2) is 8.04. The third-order valence-corrected chi connectivity index (χ3v) is 5.17. The molecule has 0 spiro atoms. The van der Waals surface area contributed by atoms with Gasteiger partial charge in [0.2, 0.25) is 0 Å². The van der Waals surface area contributed by atoms with Gasteiger partial charge in [0.25, 0.3) is 0 Å². The van der Waals surface area contributed by atoms with Crippen molar-refractivity contribution in [3.63, 3.8) is 0 Å². The molecular weight excluding hydrogens is 314 g/mol. The Morgan fingerprint density at radius 2 is 1.42 bits per heavy atom. The molecule has 0 aliphatic heterocycles. The second-order valence-electron chi connectivity index (χ2n) is 5.85. The van der Waals surface area contributed by atoms with Crippen LogP contribution in [0.4, 0.5) is 0 Å². The summed E-state index contributed by atoms with van der Waals surface area (Å²) in [4.78, 5) is 0.801. The van der Waals surface area contributed by atoms with Crippen molar-refractivity contribution in [2.75, 3.05) is 0 Å². The van der Waals surface area contributed by atoms with Crippen LogP contribution >= 0.6 is 0 Å². The Bertz CT molecular complexity index is 785. The summed E-state index contributed by atoms with van der Waals surface area (Å²) in [7, 11) is -1.25. The van der Waals surface area contributed by atoms with Gasteiger partial charge in [0.1, 0.15) is 11.0 Å². The van der Waals surface area contributed by atoms with E-state index < -0.39 is 11.0 Å². The maximum Gasteiger partial charge on any atom is 0.125 e. The summed E-state index contributed by atoms with van der Waals surface area (Å²) >= 11 is 0. The Kier molecular flexibility index (Phi) is 5.57. The van der Waals surface area contributed by atoms with E-state index in [0.29, 0.717) is 0 Å². The Hall–Kier alpha value is -2.23. The molecule has 0 radical (unpaired) electrons. The highest BCUT2D eigenvalue weighted by Gasteiger charge is 2.16. The van der Waals surface area contributed by atoms with Crippen molar-refractivity contribution in [3.8, 4) is 0 Å². The molecule has 0 bridgehead atoms. The number of benzene rings is 3. The van der Waals surface area contributed by atoms with E-state index >= 15 is 0 Å². The van der Waals surface area contributed by atoms with Gasteiger partial charge in [0.05, 0.1) is 4.90 Å². The van der Waals surface area contributed by atoms with E-state index in [0.717, 1.165) is 16.9 Å². The normalized spacial score (nSPS) is 13.4. The first kappa shape index (κ1) is 16.6. The van der Waals surface area contributed by atoms with E-state index in [9.17, 15) is 4.21 Å². The first-order valence-corrected chi connectivity index (χ1v) is 9.21. The van der Waals surface area contributed by atoms with Gasteiger partial charge in [0.15, 0.2) is 0 Å². The van der Waals surface area contributed by atoms with Crippen molar-refractivity contribution in [1.82, 2.24) is 4.72 Å². The smallest absolute Gasteiger partial charge is 0.125 e. The quantitative estimate of drug-likeness (QED) is 0.701. The van der Waals surface area contributed by atoms with E-state index in [-0.39, 0.29) is 6.04 Å². The molecule has 3 rings (SSSR count). The van der Waals surface area contributed by atoms with Crippen LogP contribution in [0.2, 0.25) is 0 Å². The van der Waals surface area contributed by atoms with Crippen LogP contribution in [0.5, 0.6) is 0 Å². The predicted octanol–water partition coefficient (Wildman–Crippen LogP) is 4.59. The topological polar surface area (TPSA) is 29.1 Å². The maximum atomic E-state index is 12.7. The lowest BCUT2D eigenvalue weighted by Gasteiger charge is -2.19. The van der Waals surface area contributed by atoms with Gasteiger partial charge < -0.3 is 0 Å². The van der Waals surface area contributed by atoms with Gasteiger partial charge in [-0.25, -0.2) is 8.93 Å². The number of aryl methyl sites for hydroxylation is 1. The first-order chi connectivity index (χ1) is 11.7. The molecule has 24 heavy (non-hydrogen) atoms. The summed E-state index contributed by atoms with van der Waals surface area (Å²) in [5.41, 5.74) is 3.53. The van der Waals surface area contributed by atoms with Gasteiger partial charge in [-0.05, 0) is 36.6 Å². The SMILES string of the molecule is Cc1ccc(S(=O)N[C@H](Cc2ccccc2)c2ccccc2)cc1. The van der Waals surface area contributed by atoms with Crippen molar-refractivity contribution >= 4 is 11.0 Å². The van der Waals surface area contributed by atoms with E-state index in [2.05, 4.69) is 29.0 Å². The molecule has 3 aromatic rings. The fourth-order valence-electron chi connectivity index (χ4n) is 2.62. The van der Waals surface area contributed by atoms with Gasteiger partial charge in [-0.2, -0.15) is 0 Å². The molecule has 0 aliphatic carbocycles. The largest absolute Gasteiger partial charge is 0.237 e. The maximum absolute atomic E-state index is 12.7. The van der Waals surface area contributed by atoms with Gasteiger partial charge in [-0.3, -0.25) is 0 Å².